The summed E-state index contributed by atoms with van der Waals surface area (Å²) in [6.45, 7) is 2.87. The Morgan fingerprint density at radius 3 is 2.57 bits per heavy atom. The van der Waals surface area contributed by atoms with Gasteiger partial charge < -0.3 is 10.1 Å². The lowest BCUT2D eigenvalue weighted by molar-refractivity contribution is 0.0600. The van der Waals surface area contributed by atoms with Gasteiger partial charge in [-0.3, -0.25) is 0 Å². The van der Waals surface area contributed by atoms with E-state index in [0.29, 0.717) is 5.56 Å². The Hall–Kier alpha value is -1.44. The third-order valence-electron chi connectivity index (χ3n) is 3.65. The molecule has 1 saturated heterocycles. The lowest BCUT2D eigenvalue weighted by Gasteiger charge is -2.30. The van der Waals surface area contributed by atoms with Crippen LogP contribution in [0.3, 0.4) is 0 Å². The zero-order valence-electron chi connectivity index (χ0n) is 12.1. The van der Waals surface area contributed by atoms with E-state index in [1.807, 2.05) is 6.92 Å². The van der Waals surface area contributed by atoms with Crippen LogP contribution < -0.4 is 10.0 Å². The number of rotatable bonds is 4. The maximum atomic E-state index is 12.3. The van der Waals surface area contributed by atoms with Crippen LogP contribution in [0.15, 0.2) is 29.2 Å². The minimum absolute atomic E-state index is 0.0999. The highest BCUT2D eigenvalue weighted by Crippen LogP contribution is 2.15. The molecule has 2 rings (SSSR count). The highest BCUT2D eigenvalue weighted by Gasteiger charge is 2.26. The van der Waals surface area contributed by atoms with Crippen molar-refractivity contribution in [3.8, 4) is 0 Å². The van der Waals surface area contributed by atoms with E-state index in [-0.39, 0.29) is 17.0 Å². The molecule has 1 fully saturated rings. The second-order valence-corrected chi connectivity index (χ2v) is 6.84. The Labute approximate surface area is 124 Å². The number of hydrogen-bond acceptors (Lipinski definition) is 5. The molecule has 116 valence electrons. The smallest absolute Gasteiger partial charge is 0.337 e. The van der Waals surface area contributed by atoms with Crippen LogP contribution in [0, 0.1) is 0 Å². The normalized spacial score (nSPS) is 22.8. The molecule has 1 aliphatic heterocycles. The quantitative estimate of drug-likeness (QED) is 0.807. The molecule has 0 aromatic heterocycles. The Kier molecular flexibility index (Phi) is 4.97. The molecule has 2 N–H and O–H groups in total. The van der Waals surface area contributed by atoms with Crippen LogP contribution in [0.5, 0.6) is 0 Å². The summed E-state index contributed by atoms with van der Waals surface area (Å²) in [6, 6.07) is 5.70. The summed E-state index contributed by atoms with van der Waals surface area (Å²) in [4.78, 5) is 11.5. The van der Waals surface area contributed by atoms with E-state index in [0.717, 1.165) is 19.4 Å². The van der Waals surface area contributed by atoms with Crippen molar-refractivity contribution < 1.29 is 17.9 Å². The second-order valence-electron chi connectivity index (χ2n) is 5.13. The van der Waals surface area contributed by atoms with Crippen LogP contribution in [0.25, 0.3) is 0 Å². The molecular weight excluding hydrogens is 292 g/mol. The lowest BCUT2D eigenvalue weighted by Crippen LogP contribution is -2.51. The van der Waals surface area contributed by atoms with Crippen LogP contribution >= 0.6 is 0 Å². The summed E-state index contributed by atoms with van der Waals surface area (Å²) in [5, 5.41) is 3.25. The highest BCUT2D eigenvalue weighted by molar-refractivity contribution is 7.89. The summed E-state index contributed by atoms with van der Waals surface area (Å²) < 4.78 is 32.0. The fourth-order valence-electron chi connectivity index (χ4n) is 2.36. The van der Waals surface area contributed by atoms with Gasteiger partial charge in [0, 0.05) is 12.1 Å². The van der Waals surface area contributed by atoms with Crippen molar-refractivity contribution in [1.82, 2.24) is 10.0 Å². The zero-order chi connectivity index (χ0) is 15.5. The number of methoxy groups -OCH3 is 1. The molecule has 2 atom stereocenters. The lowest BCUT2D eigenvalue weighted by atomic mass is 10.0. The van der Waals surface area contributed by atoms with Gasteiger partial charge in [-0.15, -0.1) is 0 Å². The molecule has 0 amide bonds. The molecule has 1 aliphatic rings. The third kappa shape index (κ3) is 3.81. The molecule has 21 heavy (non-hydrogen) atoms. The van der Waals surface area contributed by atoms with Crippen molar-refractivity contribution >= 4 is 16.0 Å². The number of nitrogens with one attached hydrogen (secondary N) is 2. The molecule has 0 radical (unpaired) electrons. The zero-order valence-corrected chi connectivity index (χ0v) is 12.9. The van der Waals surface area contributed by atoms with Crippen LogP contribution in [0.2, 0.25) is 0 Å². The number of carbonyl (C=O) groups excluding carboxylic acids is 1. The average molecular weight is 312 g/mol. The maximum absolute atomic E-state index is 12.3. The van der Waals surface area contributed by atoms with Crippen molar-refractivity contribution in [3.63, 3.8) is 0 Å². The predicted octanol–water partition coefficient (Wildman–Crippen LogP) is 0.892. The Morgan fingerprint density at radius 2 is 2.00 bits per heavy atom. The molecule has 2 unspecified atom stereocenters. The van der Waals surface area contributed by atoms with E-state index >= 15 is 0 Å². The van der Waals surface area contributed by atoms with Gasteiger partial charge in [0.2, 0.25) is 10.0 Å². The second kappa shape index (κ2) is 6.55. The van der Waals surface area contributed by atoms with Crippen molar-refractivity contribution in [2.75, 3.05) is 13.7 Å². The van der Waals surface area contributed by atoms with Crippen molar-refractivity contribution in [1.29, 1.82) is 0 Å². The molecule has 1 aromatic carbocycles. The third-order valence-corrected chi connectivity index (χ3v) is 5.16. The first-order valence-electron chi connectivity index (χ1n) is 6.88. The summed E-state index contributed by atoms with van der Waals surface area (Å²) in [5.41, 5.74) is 0.323. The number of carbonyl (C=O) groups is 1. The first-order chi connectivity index (χ1) is 9.94. The molecule has 1 aromatic rings. The van der Waals surface area contributed by atoms with E-state index in [2.05, 4.69) is 14.8 Å². The molecular formula is C14H20N2O4S. The van der Waals surface area contributed by atoms with Crippen molar-refractivity contribution in [3.05, 3.63) is 29.8 Å². The minimum Gasteiger partial charge on any atom is -0.465 e. The van der Waals surface area contributed by atoms with Gasteiger partial charge in [0.05, 0.1) is 17.6 Å². The molecule has 0 spiro atoms. The Balaban J connectivity index is 2.13. The molecule has 7 heteroatoms. The van der Waals surface area contributed by atoms with E-state index in [9.17, 15) is 13.2 Å². The number of sulfonamides is 1. The number of benzene rings is 1. The summed E-state index contributed by atoms with van der Waals surface area (Å²) in [6.07, 6.45) is 1.76. The standard InChI is InChI=1S/C14H20N2O4S/c1-10-13(4-3-9-15-10)16-21(18,19)12-7-5-11(6-8-12)14(17)20-2/h5-8,10,13,15-16H,3-4,9H2,1-2H3. The number of piperidine rings is 1. The minimum atomic E-state index is -3.58. The summed E-state index contributed by atoms with van der Waals surface area (Å²) in [5.74, 6) is -0.489. The average Bonchev–Trinajstić information content (AvgIpc) is 2.49. The van der Waals surface area contributed by atoms with Gasteiger partial charge >= 0.3 is 5.97 Å². The summed E-state index contributed by atoms with van der Waals surface area (Å²) in [7, 11) is -2.30. The Morgan fingerprint density at radius 1 is 1.33 bits per heavy atom. The van der Waals surface area contributed by atoms with E-state index < -0.39 is 16.0 Å². The van der Waals surface area contributed by atoms with Gasteiger partial charge in [0.15, 0.2) is 0 Å². The monoisotopic (exact) mass is 312 g/mol. The van der Waals surface area contributed by atoms with Gasteiger partial charge in [-0.1, -0.05) is 0 Å². The number of ether oxygens (including phenoxy) is 1. The van der Waals surface area contributed by atoms with Crippen LogP contribution in [-0.2, 0) is 14.8 Å². The van der Waals surface area contributed by atoms with Gasteiger partial charge in [-0.25, -0.2) is 17.9 Å². The van der Waals surface area contributed by atoms with Crippen LogP contribution in [0.1, 0.15) is 30.1 Å². The molecule has 0 saturated carbocycles. The highest BCUT2D eigenvalue weighted by atomic mass is 32.2. The largest absolute Gasteiger partial charge is 0.465 e. The van der Waals surface area contributed by atoms with Gasteiger partial charge in [0.1, 0.15) is 0 Å². The molecule has 0 bridgehead atoms. The number of esters is 1. The molecule has 6 nitrogen and oxygen atoms in total. The van der Waals surface area contributed by atoms with Gasteiger partial charge in [-0.05, 0) is 50.6 Å². The number of hydrogen-bond donors (Lipinski definition) is 2. The molecule has 1 heterocycles. The predicted molar refractivity (Wildman–Crippen MR) is 78.6 cm³/mol. The van der Waals surface area contributed by atoms with E-state index in [1.54, 1.807) is 0 Å². The van der Waals surface area contributed by atoms with E-state index in [1.165, 1.54) is 31.4 Å². The fourth-order valence-corrected chi connectivity index (χ4v) is 3.71. The van der Waals surface area contributed by atoms with Crippen molar-refractivity contribution in [2.45, 2.75) is 36.7 Å². The van der Waals surface area contributed by atoms with Crippen molar-refractivity contribution in [2.24, 2.45) is 0 Å². The van der Waals surface area contributed by atoms with Gasteiger partial charge in [-0.2, -0.15) is 0 Å². The maximum Gasteiger partial charge on any atom is 0.337 e. The SMILES string of the molecule is COC(=O)c1ccc(S(=O)(=O)NC2CCCNC2C)cc1. The Bertz CT molecular complexity index is 598. The topological polar surface area (TPSA) is 84.5 Å². The summed E-state index contributed by atoms with van der Waals surface area (Å²) >= 11 is 0. The molecule has 0 aliphatic carbocycles. The first-order valence-corrected chi connectivity index (χ1v) is 8.36. The van der Waals surface area contributed by atoms with Crippen LogP contribution in [-0.4, -0.2) is 40.1 Å². The first kappa shape index (κ1) is 15.9. The van der Waals surface area contributed by atoms with E-state index in [4.69, 9.17) is 0 Å². The van der Waals surface area contributed by atoms with Crippen LogP contribution in [0.4, 0.5) is 0 Å². The van der Waals surface area contributed by atoms with Gasteiger partial charge in [0.25, 0.3) is 0 Å². The fraction of sp³-hybridized carbons (Fsp3) is 0.500.